The highest BCUT2D eigenvalue weighted by Gasteiger charge is 2.05. The van der Waals surface area contributed by atoms with Gasteiger partial charge in [0.2, 0.25) is 11.8 Å². The zero-order valence-corrected chi connectivity index (χ0v) is 9.46. The Morgan fingerprint density at radius 2 is 1.44 bits per heavy atom. The van der Waals surface area contributed by atoms with Crippen LogP contribution in [0.3, 0.4) is 0 Å². The van der Waals surface area contributed by atoms with Crippen LogP contribution in [0.4, 0.5) is 0 Å². The second kappa shape index (κ2) is 4.67. The molecule has 90 valence electrons. The molecular weight excluding hydrogens is 230 g/mol. The smallest absolute Gasteiger partial charge is 0.250 e. The van der Waals surface area contributed by atoms with E-state index in [4.69, 9.17) is 11.5 Å². The second-order valence-corrected chi connectivity index (χ2v) is 3.77. The third kappa shape index (κ3) is 2.35. The Morgan fingerprint density at radius 1 is 0.833 bits per heavy atom. The van der Waals surface area contributed by atoms with Crippen molar-refractivity contribution in [2.75, 3.05) is 0 Å². The summed E-state index contributed by atoms with van der Waals surface area (Å²) in [7, 11) is 0. The molecule has 0 spiro atoms. The van der Waals surface area contributed by atoms with E-state index in [1.807, 2.05) is 0 Å². The van der Waals surface area contributed by atoms with Crippen LogP contribution in [-0.4, -0.2) is 16.8 Å². The van der Waals surface area contributed by atoms with Gasteiger partial charge in [-0.3, -0.25) is 14.6 Å². The standard InChI is InChI=1S/C13H11N3O2/c14-12(17)9-3-1-8(2-4-9)10-5-11(13(15)18)7-16-6-10/h1-7H,(H2,14,17)(H2,15,18). The van der Waals surface area contributed by atoms with E-state index in [0.29, 0.717) is 11.1 Å². The maximum atomic E-state index is 11.0. The first kappa shape index (κ1) is 11.8. The molecule has 0 atom stereocenters. The summed E-state index contributed by atoms with van der Waals surface area (Å²) in [6.07, 6.45) is 3.02. The number of benzene rings is 1. The van der Waals surface area contributed by atoms with E-state index in [-0.39, 0.29) is 0 Å². The molecule has 2 amide bonds. The number of hydrogen-bond acceptors (Lipinski definition) is 3. The molecule has 1 heterocycles. The summed E-state index contributed by atoms with van der Waals surface area (Å²) in [6, 6.07) is 8.36. The summed E-state index contributed by atoms with van der Waals surface area (Å²) in [4.78, 5) is 25.9. The van der Waals surface area contributed by atoms with E-state index in [1.54, 1.807) is 36.5 Å². The van der Waals surface area contributed by atoms with Crippen molar-refractivity contribution >= 4 is 11.8 Å². The van der Waals surface area contributed by atoms with Gasteiger partial charge >= 0.3 is 0 Å². The Kier molecular flexibility index (Phi) is 3.05. The molecule has 0 saturated carbocycles. The Balaban J connectivity index is 2.39. The maximum Gasteiger partial charge on any atom is 0.250 e. The van der Waals surface area contributed by atoms with E-state index < -0.39 is 11.8 Å². The highest BCUT2D eigenvalue weighted by atomic mass is 16.1. The number of aromatic nitrogens is 1. The Bertz CT molecular complexity index is 606. The molecule has 1 aromatic heterocycles. The van der Waals surface area contributed by atoms with E-state index in [1.165, 1.54) is 6.20 Å². The van der Waals surface area contributed by atoms with Crippen LogP contribution in [0.2, 0.25) is 0 Å². The van der Waals surface area contributed by atoms with Crippen molar-refractivity contribution in [3.8, 4) is 11.1 Å². The fourth-order valence-electron chi connectivity index (χ4n) is 1.56. The Labute approximate surface area is 103 Å². The molecule has 0 saturated heterocycles. The highest BCUT2D eigenvalue weighted by molar-refractivity contribution is 5.94. The Morgan fingerprint density at radius 3 is 2.00 bits per heavy atom. The molecule has 4 N–H and O–H groups in total. The van der Waals surface area contributed by atoms with E-state index in [2.05, 4.69) is 4.98 Å². The van der Waals surface area contributed by atoms with Crippen LogP contribution < -0.4 is 11.5 Å². The lowest BCUT2D eigenvalue weighted by atomic mass is 10.0. The third-order valence-corrected chi connectivity index (χ3v) is 2.53. The molecule has 0 bridgehead atoms. The van der Waals surface area contributed by atoms with Gasteiger partial charge in [-0.15, -0.1) is 0 Å². The molecule has 0 radical (unpaired) electrons. The van der Waals surface area contributed by atoms with Gasteiger partial charge in [0, 0.05) is 23.5 Å². The van der Waals surface area contributed by atoms with Crippen LogP contribution in [0.1, 0.15) is 20.7 Å². The lowest BCUT2D eigenvalue weighted by Crippen LogP contribution is -2.11. The van der Waals surface area contributed by atoms with Crippen LogP contribution in [0.15, 0.2) is 42.7 Å². The molecule has 2 aromatic rings. The molecule has 0 aliphatic rings. The SMILES string of the molecule is NC(=O)c1ccc(-c2cncc(C(N)=O)c2)cc1. The zero-order valence-electron chi connectivity index (χ0n) is 9.46. The molecule has 5 heteroatoms. The lowest BCUT2D eigenvalue weighted by Gasteiger charge is -2.03. The van der Waals surface area contributed by atoms with Gasteiger partial charge < -0.3 is 11.5 Å². The number of rotatable bonds is 3. The average Bonchev–Trinajstić information content (AvgIpc) is 2.39. The van der Waals surface area contributed by atoms with Gasteiger partial charge in [0.15, 0.2) is 0 Å². The normalized spacial score (nSPS) is 10.0. The monoisotopic (exact) mass is 241 g/mol. The predicted octanol–water partition coefficient (Wildman–Crippen LogP) is 0.946. The number of nitrogens with two attached hydrogens (primary N) is 2. The summed E-state index contributed by atoms with van der Waals surface area (Å²) in [5.74, 6) is -1.01. The van der Waals surface area contributed by atoms with Gasteiger partial charge in [0.1, 0.15) is 0 Å². The number of carbonyl (C=O) groups is 2. The highest BCUT2D eigenvalue weighted by Crippen LogP contribution is 2.19. The van der Waals surface area contributed by atoms with Crippen molar-refractivity contribution in [1.29, 1.82) is 0 Å². The van der Waals surface area contributed by atoms with E-state index >= 15 is 0 Å². The molecule has 1 aromatic carbocycles. The first-order valence-corrected chi connectivity index (χ1v) is 5.23. The van der Waals surface area contributed by atoms with Gasteiger partial charge in [-0.05, 0) is 23.8 Å². The molecular formula is C13H11N3O2. The van der Waals surface area contributed by atoms with Gasteiger partial charge in [0.25, 0.3) is 0 Å². The van der Waals surface area contributed by atoms with Gasteiger partial charge in [-0.1, -0.05) is 12.1 Å². The fourth-order valence-corrected chi connectivity index (χ4v) is 1.56. The van der Waals surface area contributed by atoms with Gasteiger partial charge in [0.05, 0.1) is 5.56 Å². The van der Waals surface area contributed by atoms with Crippen molar-refractivity contribution in [3.63, 3.8) is 0 Å². The van der Waals surface area contributed by atoms with Gasteiger partial charge in [-0.25, -0.2) is 0 Å². The molecule has 0 aliphatic heterocycles. The van der Waals surface area contributed by atoms with Crippen molar-refractivity contribution < 1.29 is 9.59 Å². The van der Waals surface area contributed by atoms with E-state index in [9.17, 15) is 9.59 Å². The molecule has 0 fully saturated rings. The number of primary amides is 2. The summed E-state index contributed by atoms with van der Waals surface area (Å²) in [6.45, 7) is 0. The minimum Gasteiger partial charge on any atom is -0.366 e. The van der Waals surface area contributed by atoms with Crippen molar-refractivity contribution in [2.24, 2.45) is 11.5 Å². The van der Waals surface area contributed by atoms with E-state index in [0.717, 1.165) is 11.1 Å². The van der Waals surface area contributed by atoms with Crippen LogP contribution in [-0.2, 0) is 0 Å². The molecule has 5 nitrogen and oxygen atoms in total. The fraction of sp³-hybridized carbons (Fsp3) is 0. The van der Waals surface area contributed by atoms with Crippen LogP contribution in [0.25, 0.3) is 11.1 Å². The average molecular weight is 241 g/mol. The quantitative estimate of drug-likeness (QED) is 0.836. The largest absolute Gasteiger partial charge is 0.366 e. The molecule has 0 unspecified atom stereocenters. The molecule has 0 aliphatic carbocycles. The zero-order chi connectivity index (χ0) is 13.1. The second-order valence-electron chi connectivity index (χ2n) is 3.77. The summed E-state index contributed by atoms with van der Waals surface area (Å²) >= 11 is 0. The third-order valence-electron chi connectivity index (χ3n) is 2.53. The van der Waals surface area contributed by atoms with Crippen LogP contribution >= 0.6 is 0 Å². The molecule has 2 rings (SSSR count). The Hall–Kier alpha value is -2.69. The summed E-state index contributed by atoms with van der Waals surface area (Å²) < 4.78 is 0. The number of nitrogens with zero attached hydrogens (tertiary/aromatic N) is 1. The first-order valence-electron chi connectivity index (χ1n) is 5.23. The maximum absolute atomic E-state index is 11.0. The summed E-state index contributed by atoms with van der Waals surface area (Å²) in [5, 5.41) is 0. The van der Waals surface area contributed by atoms with Crippen LogP contribution in [0, 0.1) is 0 Å². The number of amides is 2. The lowest BCUT2D eigenvalue weighted by molar-refractivity contribution is 0.0991. The minimum absolute atomic E-state index is 0.339. The number of pyridine rings is 1. The minimum atomic E-state index is -0.530. The van der Waals surface area contributed by atoms with Crippen LogP contribution in [0.5, 0.6) is 0 Å². The van der Waals surface area contributed by atoms with Gasteiger partial charge in [-0.2, -0.15) is 0 Å². The summed E-state index contributed by atoms with van der Waals surface area (Å²) in [5.41, 5.74) is 12.7. The van der Waals surface area contributed by atoms with Crippen molar-refractivity contribution in [1.82, 2.24) is 4.98 Å². The predicted molar refractivity (Wildman–Crippen MR) is 66.7 cm³/mol. The number of hydrogen-bond donors (Lipinski definition) is 2. The number of carbonyl (C=O) groups excluding carboxylic acids is 2. The van der Waals surface area contributed by atoms with Crippen molar-refractivity contribution in [2.45, 2.75) is 0 Å². The van der Waals surface area contributed by atoms with Crippen molar-refractivity contribution in [3.05, 3.63) is 53.9 Å². The topological polar surface area (TPSA) is 99.1 Å². The molecule has 18 heavy (non-hydrogen) atoms. The first-order chi connectivity index (χ1) is 8.58.